The second-order valence-corrected chi connectivity index (χ2v) is 4.13. The zero-order chi connectivity index (χ0) is 12.6. The number of rotatable bonds is 8. The van der Waals surface area contributed by atoms with E-state index < -0.39 is 5.54 Å². The molecular formula is C12H26N2O2. The number of methoxy groups -OCH3 is 1. The van der Waals surface area contributed by atoms with Gasteiger partial charge in [0.2, 0.25) is 0 Å². The van der Waals surface area contributed by atoms with Gasteiger partial charge in [-0.05, 0) is 26.4 Å². The third-order valence-electron chi connectivity index (χ3n) is 3.18. The maximum Gasteiger partial charge on any atom is 0.325 e. The molecule has 4 heteroatoms. The lowest BCUT2D eigenvalue weighted by atomic mass is 9.99. The van der Waals surface area contributed by atoms with E-state index in [1.54, 1.807) is 0 Å². The fraction of sp³-hybridized carbons (Fsp3) is 0.917. The second-order valence-electron chi connectivity index (χ2n) is 4.13. The Labute approximate surface area is 99.3 Å². The van der Waals surface area contributed by atoms with Crippen molar-refractivity contribution in [3.63, 3.8) is 0 Å². The normalized spacial score (nSPS) is 14.9. The van der Waals surface area contributed by atoms with Gasteiger partial charge in [-0.3, -0.25) is 4.79 Å². The molecule has 0 spiro atoms. The number of carbonyl (C=O) groups is 1. The van der Waals surface area contributed by atoms with Gasteiger partial charge < -0.3 is 15.0 Å². The van der Waals surface area contributed by atoms with Crippen LogP contribution in [0, 0.1) is 0 Å². The fourth-order valence-electron chi connectivity index (χ4n) is 1.60. The summed E-state index contributed by atoms with van der Waals surface area (Å²) in [7, 11) is 1.43. The molecule has 0 aromatic carbocycles. The van der Waals surface area contributed by atoms with Crippen LogP contribution in [0.15, 0.2) is 0 Å². The summed E-state index contributed by atoms with van der Waals surface area (Å²) < 4.78 is 4.80. The minimum absolute atomic E-state index is 0.186. The first-order valence-corrected chi connectivity index (χ1v) is 6.09. The van der Waals surface area contributed by atoms with E-state index in [9.17, 15) is 4.79 Å². The number of esters is 1. The van der Waals surface area contributed by atoms with Gasteiger partial charge in [0.1, 0.15) is 5.54 Å². The third-order valence-corrected chi connectivity index (χ3v) is 3.18. The van der Waals surface area contributed by atoms with E-state index in [0.29, 0.717) is 0 Å². The Morgan fingerprint density at radius 2 is 1.88 bits per heavy atom. The van der Waals surface area contributed by atoms with Gasteiger partial charge in [-0.15, -0.1) is 0 Å². The summed E-state index contributed by atoms with van der Waals surface area (Å²) in [6.07, 6.45) is 0.734. The lowest BCUT2D eigenvalue weighted by Gasteiger charge is -2.28. The first-order chi connectivity index (χ1) is 7.53. The van der Waals surface area contributed by atoms with E-state index in [-0.39, 0.29) is 5.97 Å². The third kappa shape index (κ3) is 4.49. The quantitative estimate of drug-likeness (QED) is 0.637. The van der Waals surface area contributed by atoms with E-state index in [0.717, 1.165) is 32.6 Å². The number of hydrogen-bond donors (Lipinski definition) is 1. The molecule has 0 bridgehead atoms. The number of hydrogen-bond acceptors (Lipinski definition) is 4. The van der Waals surface area contributed by atoms with Gasteiger partial charge in [-0.2, -0.15) is 0 Å². The molecule has 0 aliphatic rings. The van der Waals surface area contributed by atoms with Crippen LogP contribution in [0.25, 0.3) is 0 Å². The Hall–Kier alpha value is -0.610. The molecule has 0 fully saturated rings. The summed E-state index contributed by atoms with van der Waals surface area (Å²) in [6, 6.07) is 0. The number of nitrogens with zero attached hydrogens (tertiary/aromatic N) is 1. The Balaban J connectivity index is 4.09. The first-order valence-electron chi connectivity index (χ1n) is 6.09. The van der Waals surface area contributed by atoms with Crippen molar-refractivity contribution in [3.05, 3.63) is 0 Å². The Kier molecular flexibility index (Phi) is 7.34. The number of nitrogens with one attached hydrogen (secondary N) is 1. The first kappa shape index (κ1) is 15.4. The van der Waals surface area contributed by atoms with Gasteiger partial charge in [-0.25, -0.2) is 0 Å². The maximum atomic E-state index is 11.6. The van der Waals surface area contributed by atoms with Crippen molar-refractivity contribution in [2.75, 3.05) is 33.3 Å². The van der Waals surface area contributed by atoms with Crippen LogP contribution in [0.3, 0.4) is 0 Å². The molecule has 0 heterocycles. The molecular weight excluding hydrogens is 204 g/mol. The zero-order valence-electron chi connectivity index (χ0n) is 11.3. The van der Waals surface area contributed by atoms with E-state index in [4.69, 9.17) is 4.74 Å². The van der Waals surface area contributed by atoms with E-state index >= 15 is 0 Å². The average molecular weight is 230 g/mol. The minimum atomic E-state index is -0.554. The molecule has 96 valence electrons. The van der Waals surface area contributed by atoms with Crippen LogP contribution in [0.5, 0.6) is 0 Å². The summed E-state index contributed by atoms with van der Waals surface area (Å²) in [5.41, 5.74) is -0.554. The van der Waals surface area contributed by atoms with E-state index in [1.165, 1.54) is 7.11 Å². The van der Waals surface area contributed by atoms with Crippen LogP contribution in [0.4, 0.5) is 0 Å². The van der Waals surface area contributed by atoms with E-state index in [1.807, 2.05) is 13.8 Å². The lowest BCUT2D eigenvalue weighted by molar-refractivity contribution is -0.148. The van der Waals surface area contributed by atoms with Crippen LogP contribution in [0.2, 0.25) is 0 Å². The van der Waals surface area contributed by atoms with Crippen LogP contribution in [0.1, 0.15) is 34.1 Å². The Morgan fingerprint density at radius 1 is 1.31 bits per heavy atom. The van der Waals surface area contributed by atoms with Crippen molar-refractivity contribution >= 4 is 5.97 Å². The number of likely N-dealkylation sites (N-methyl/N-ethyl adjacent to an activating group) is 1. The molecule has 0 amide bonds. The molecule has 1 N–H and O–H groups in total. The number of carbonyl (C=O) groups excluding carboxylic acids is 1. The van der Waals surface area contributed by atoms with Crippen molar-refractivity contribution in [1.29, 1.82) is 0 Å². The lowest BCUT2D eigenvalue weighted by Crippen LogP contribution is -2.51. The summed E-state index contributed by atoms with van der Waals surface area (Å²) in [4.78, 5) is 13.9. The highest BCUT2D eigenvalue weighted by molar-refractivity contribution is 5.80. The molecule has 0 aliphatic carbocycles. The minimum Gasteiger partial charge on any atom is -0.468 e. The van der Waals surface area contributed by atoms with Crippen molar-refractivity contribution in [3.8, 4) is 0 Å². The monoisotopic (exact) mass is 230 g/mol. The summed E-state index contributed by atoms with van der Waals surface area (Å²) in [5.74, 6) is -0.186. The van der Waals surface area contributed by atoms with Gasteiger partial charge in [0.15, 0.2) is 0 Å². The van der Waals surface area contributed by atoms with Gasteiger partial charge in [0, 0.05) is 13.1 Å². The van der Waals surface area contributed by atoms with Crippen molar-refractivity contribution in [2.45, 2.75) is 39.7 Å². The predicted molar refractivity (Wildman–Crippen MR) is 66.5 cm³/mol. The second kappa shape index (κ2) is 7.63. The van der Waals surface area contributed by atoms with Crippen molar-refractivity contribution in [1.82, 2.24) is 10.2 Å². The maximum absolute atomic E-state index is 11.6. The molecule has 0 saturated carbocycles. The Morgan fingerprint density at radius 3 is 2.25 bits per heavy atom. The van der Waals surface area contributed by atoms with Gasteiger partial charge in [-0.1, -0.05) is 20.8 Å². The molecule has 0 radical (unpaired) electrons. The smallest absolute Gasteiger partial charge is 0.325 e. The van der Waals surface area contributed by atoms with E-state index in [2.05, 4.69) is 24.1 Å². The predicted octanol–water partition coefficient (Wildman–Crippen LogP) is 1.26. The van der Waals surface area contributed by atoms with Crippen LogP contribution in [-0.4, -0.2) is 49.7 Å². The molecule has 0 saturated heterocycles. The van der Waals surface area contributed by atoms with Gasteiger partial charge in [0.05, 0.1) is 7.11 Å². The summed E-state index contributed by atoms with van der Waals surface area (Å²) in [5, 5.41) is 3.28. The zero-order valence-corrected chi connectivity index (χ0v) is 11.3. The molecule has 1 unspecified atom stereocenters. The summed E-state index contributed by atoms with van der Waals surface area (Å²) in [6.45, 7) is 12.0. The fourth-order valence-corrected chi connectivity index (χ4v) is 1.60. The molecule has 0 aliphatic heterocycles. The van der Waals surface area contributed by atoms with Crippen molar-refractivity contribution in [2.24, 2.45) is 0 Å². The molecule has 0 aromatic heterocycles. The largest absolute Gasteiger partial charge is 0.468 e. The average Bonchev–Trinajstić information content (AvgIpc) is 2.33. The van der Waals surface area contributed by atoms with Crippen LogP contribution >= 0.6 is 0 Å². The highest BCUT2D eigenvalue weighted by Gasteiger charge is 2.31. The molecule has 0 rings (SSSR count). The van der Waals surface area contributed by atoms with Crippen LogP contribution < -0.4 is 5.32 Å². The molecule has 16 heavy (non-hydrogen) atoms. The molecule has 0 aromatic rings. The molecule has 1 atom stereocenters. The highest BCUT2D eigenvalue weighted by atomic mass is 16.5. The van der Waals surface area contributed by atoms with Crippen molar-refractivity contribution < 1.29 is 9.53 Å². The highest BCUT2D eigenvalue weighted by Crippen LogP contribution is 2.10. The topological polar surface area (TPSA) is 41.6 Å². The SMILES string of the molecule is CCN(CC)CCNC(C)(CC)C(=O)OC. The Bertz CT molecular complexity index is 205. The number of ether oxygens (including phenoxy) is 1. The van der Waals surface area contributed by atoms with Gasteiger partial charge in [0.25, 0.3) is 0 Å². The summed E-state index contributed by atoms with van der Waals surface area (Å²) >= 11 is 0. The standard InChI is InChI=1S/C12H26N2O2/c1-6-12(4,11(15)16-5)13-9-10-14(7-2)8-3/h13H,6-10H2,1-5H3. The van der Waals surface area contributed by atoms with Gasteiger partial charge >= 0.3 is 5.97 Å². The molecule has 4 nitrogen and oxygen atoms in total. The van der Waals surface area contributed by atoms with Crippen LogP contribution in [-0.2, 0) is 9.53 Å².